The first-order chi connectivity index (χ1) is 15.1. The first kappa shape index (κ1) is 20.6. The lowest BCUT2D eigenvalue weighted by atomic mass is 9.59. The van der Waals surface area contributed by atoms with E-state index in [9.17, 15) is 4.79 Å². The van der Waals surface area contributed by atoms with Gasteiger partial charge in [-0.15, -0.1) is 0 Å². The van der Waals surface area contributed by atoms with Gasteiger partial charge in [0.15, 0.2) is 0 Å². The van der Waals surface area contributed by atoms with Crippen LogP contribution in [-0.2, 0) is 6.42 Å². The molecule has 1 amide bonds. The molecule has 1 spiro atoms. The molecule has 2 N–H and O–H groups in total. The molecular weight excluding hydrogens is 382 g/mol. The van der Waals surface area contributed by atoms with Crippen LogP contribution in [0.3, 0.4) is 0 Å². The number of anilines is 1. The van der Waals surface area contributed by atoms with Crippen molar-refractivity contribution < 1.29 is 4.79 Å². The summed E-state index contributed by atoms with van der Waals surface area (Å²) in [6.45, 7) is 5.78. The highest BCUT2D eigenvalue weighted by atomic mass is 16.1. The van der Waals surface area contributed by atoms with Crippen LogP contribution in [0.15, 0.2) is 48.5 Å². The maximum absolute atomic E-state index is 11.3. The molecule has 2 aromatic carbocycles. The van der Waals surface area contributed by atoms with Gasteiger partial charge >= 0.3 is 0 Å². The number of hydrogen-bond acceptors (Lipinski definition) is 3. The Bertz CT molecular complexity index is 922. The van der Waals surface area contributed by atoms with Gasteiger partial charge < -0.3 is 10.6 Å². The smallest absolute Gasteiger partial charge is 0.248 e. The summed E-state index contributed by atoms with van der Waals surface area (Å²) in [6.07, 6.45) is 9.08. The second-order valence-electron chi connectivity index (χ2n) is 9.91. The van der Waals surface area contributed by atoms with Gasteiger partial charge in [-0.05, 0) is 92.3 Å². The average molecular weight is 418 g/mol. The van der Waals surface area contributed by atoms with Crippen molar-refractivity contribution in [3.8, 4) is 0 Å². The summed E-state index contributed by atoms with van der Waals surface area (Å²) in [6, 6.07) is 18.3. The molecule has 0 unspecified atom stereocenters. The van der Waals surface area contributed by atoms with Crippen LogP contribution in [0.1, 0.15) is 73.0 Å². The van der Waals surface area contributed by atoms with Gasteiger partial charge in [-0.3, -0.25) is 9.69 Å². The number of nitrogens with zero attached hydrogens (tertiary/aromatic N) is 2. The van der Waals surface area contributed by atoms with E-state index in [1.807, 2.05) is 24.3 Å². The van der Waals surface area contributed by atoms with Crippen LogP contribution in [0.25, 0.3) is 0 Å². The molecule has 164 valence electrons. The fourth-order valence-electron chi connectivity index (χ4n) is 6.40. The van der Waals surface area contributed by atoms with Gasteiger partial charge in [0.25, 0.3) is 0 Å². The van der Waals surface area contributed by atoms with Gasteiger partial charge in [0.1, 0.15) is 0 Å². The molecule has 5 rings (SSSR count). The number of hydrogen-bond donors (Lipinski definition) is 1. The standard InChI is InChI=1S/C27H35N3O/c1-2-20-6-3-4-7-24(20)25-8-5-15-30(25)23-18-27(19-23)13-16-29(17-14-27)22-11-9-21(10-12-22)26(28)31/h3-4,6-7,9-12,23,25H,2,5,8,13-19H2,1H3,(H2,28,31)/t25-/m0/s1. The number of rotatable bonds is 5. The molecule has 2 heterocycles. The molecule has 1 saturated carbocycles. The van der Waals surface area contributed by atoms with Gasteiger partial charge in [0, 0.05) is 36.4 Å². The van der Waals surface area contributed by atoms with Crippen LogP contribution in [0.2, 0.25) is 0 Å². The lowest BCUT2D eigenvalue weighted by Gasteiger charge is -2.56. The minimum Gasteiger partial charge on any atom is -0.371 e. The highest BCUT2D eigenvalue weighted by molar-refractivity contribution is 5.93. The molecule has 0 aromatic heterocycles. The van der Waals surface area contributed by atoms with Gasteiger partial charge in [-0.1, -0.05) is 31.2 Å². The number of nitrogens with two attached hydrogens (primary N) is 1. The van der Waals surface area contributed by atoms with Crippen molar-refractivity contribution in [3.63, 3.8) is 0 Å². The Morgan fingerprint density at radius 2 is 1.74 bits per heavy atom. The predicted molar refractivity (Wildman–Crippen MR) is 126 cm³/mol. The number of aryl methyl sites for hydroxylation is 1. The molecule has 2 aliphatic heterocycles. The van der Waals surface area contributed by atoms with Crippen molar-refractivity contribution in [2.45, 2.75) is 64.0 Å². The third-order valence-electron chi connectivity index (χ3n) is 8.24. The molecule has 4 nitrogen and oxygen atoms in total. The van der Waals surface area contributed by atoms with Crippen LogP contribution < -0.4 is 10.6 Å². The van der Waals surface area contributed by atoms with Crippen LogP contribution in [-0.4, -0.2) is 36.5 Å². The molecule has 4 heteroatoms. The van der Waals surface area contributed by atoms with E-state index in [1.54, 1.807) is 5.56 Å². The van der Waals surface area contributed by atoms with Crippen LogP contribution in [0.4, 0.5) is 5.69 Å². The summed E-state index contributed by atoms with van der Waals surface area (Å²) in [4.78, 5) is 16.6. The van der Waals surface area contributed by atoms with Gasteiger partial charge in [-0.25, -0.2) is 0 Å². The third kappa shape index (κ3) is 3.87. The van der Waals surface area contributed by atoms with Gasteiger partial charge in [0.2, 0.25) is 5.91 Å². The minimum atomic E-state index is -0.355. The van der Waals surface area contributed by atoms with E-state index in [2.05, 4.69) is 41.0 Å². The molecule has 2 saturated heterocycles. The molecule has 2 aromatic rings. The Balaban J connectivity index is 1.19. The maximum Gasteiger partial charge on any atom is 0.248 e. The largest absolute Gasteiger partial charge is 0.371 e. The van der Waals surface area contributed by atoms with Crippen molar-refractivity contribution >= 4 is 11.6 Å². The van der Waals surface area contributed by atoms with Crippen molar-refractivity contribution in [3.05, 3.63) is 65.2 Å². The SMILES string of the molecule is CCc1ccccc1[C@@H]1CCCN1C1CC2(CCN(c3ccc(C(N)=O)cc3)CC2)C1. The zero-order valence-electron chi connectivity index (χ0n) is 18.7. The number of likely N-dealkylation sites (tertiary alicyclic amines) is 1. The van der Waals surface area contributed by atoms with E-state index in [1.165, 1.54) is 56.3 Å². The fourth-order valence-corrected chi connectivity index (χ4v) is 6.40. The number of carbonyl (C=O) groups excluding carboxylic acids is 1. The molecule has 0 bridgehead atoms. The summed E-state index contributed by atoms with van der Waals surface area (Å²) < 4.78 is 0. The quantitative estimate of drug-likeness (QED) is 0.750. The Hall–Kier alpha value is -2.33. The second-order valence-corrected chi connectivity index (χ2v) is 9.91. The molecule has 31 heavy (non-hydrogen) atoms. The number of amides is 1. The number of benzene rings is 2. The number of piperidine rings is 1. The Morgan fingerprint density at radius 1 is 1.03 bits per heavy atom. The molecular formula is C27H35N3O. The molecule has 1 atom stereocenters. The zero-order chi connectivity index (χ0) is 21.4. The van der Waals surface area contributed by atoms with Crippen LogP contribution >= 0.6 is 0 Å². The summed E-state index contributed by atoms with van der Waals surface area (Å²) in [7, 11) is 0. The van der Waals surface area contributed by atoms with Crippen LogP contribution in [0.5, 0.6) is 0 Å². The maximum atomic E-state index is 11.3. The Morgan fingerprint density at radius 3 is 2.42 bits per heavy atom. The monoisotopic (exact) mass is 417 g/mol. The second kappa shape index (κ2) is 8.31. The molecule has 3 aliphatic rings. The highest BCUT2D eigenvalue weighted by Gasteiger charge is 2.49. The number of primary amides is 1. The minimum absolute atomic E-state index is 0.355. The first-order valence-corrected chi connectivity index (χ1v) is 12.1. The number of carbonyl (C=O) groups is 1. The van der Waals surface area contributed by atoms with Gasteiger partial charge in [0.05, 0.1) is 0 Å². The van der Waals surface area contributed by atoms with E-state index >= 15 is 0 Å². The van der Waals surface area contributed by atoms with E-state index in [0.717, 1.165) is 25.6 Å². The zero-order valence-corrected chi connectivity index (χ0v) is 18.7. The van der Waals surface area contributed by atoms with E-state index in [-0.39, 0.29) is 5.91 Å². The summed E-state index contributed by atoms with van der Waals surface area (Å²) in [5.41, 5.74) is 10.8. The molecule has 0 radical (unpaired) electrons. The fraction of sp³-hybridized carbons (Fsp3) is 0.519. The topological polar surface area (TPSA) is 49.6 Å². The van der Waals surface area contributed by atoms with Crippen molar-refractivity contribution in [2.75, 3.05) is 24.5 Å². The predicted octanol–water partition coefficient (Wildman–Crippen LogP) is 4.93. The third-order valence-corrected chi connectivity index (χ3v) is 8.24. The molecule has 1 aliphatic carbocycles. The first-order valence-electron chi connectivity index (χ1n) is 12.1. The summed E-state index contributed by atoms with van der Waals surface area (Å²) >= 11 is 0. The lowest BCUT2D eigenvalue weighted by molar-refractivity contribution is -0.0227. The van der Waals surface area contributed by atoms with Crippen LogP contribution in [0, 0.1) is 5.41 Å². The summed E-state index contributed by atoms with van der Waals surface area (Å²) in [5, 5.41) is 0. The van der Waals surface area contributed by atoms with Crippen molar-refractivity contribution in [1.82, 2.24) is 4.90 Å². The average Bonchev–Trinajstić information content (AvgIpc) is 3.27. The van der Waals surface area contributed by atoms with Gasteiger partial charge in [-0.2, -0.15) is 0 Å². The Kier molecular flexibility index (Phi) is 5.51. The lowest BCUT2D eigenvalue weighted by Crippen LogP contribution is -2.54. The molecule has 3 fully saturated rings. The van der Waals surface area contributed by atoms with E-state index < -0.39 is 0 Å². The van der Waals surface area contributed by atoms with Crippen molar-refractivity contribution in [1.29, 1.82) is 0 Å². The van der Waals surface area contributed by atoms with Crippen molar-refractivity contribution in [2.24, 2.45) is 11.1 Å². The van der Waals surface area contributed by atoms with E-state index in [0.29, 0.717) is 17.0 Å². The highest BCUT2D eigenvalue weighted by Crippen LogP contribution is 2.54. The Labute approximate surface area is 186 Å². The normalized spacial score (nSPS) is 23.8. The van der Waals surface area contributed by atoms with E-state index in [4.69, 9.17) is 5.73 Å². The summed E-state index contributed by atoms with van der Waals surface area (Å²) in [5.74, 6) is -0.355.